The van der Waals surface area contributed by atoms with Gasteiger partial charge in [0.1, 0.15) is 0 Å². The van der Waals surface area contributed by atoms with Crippen LogP contribution in [0.3, 0.4) is 0 Å². The Balaban J connectivity index is 1.91. The van der Waals surface area contributed by atoms with Crippen LogP contribution >= 0.6 is 0 Å². The fourth-order valence-electron chi connectivity index (χ4n) is 3.75. The van der Waals surface area contributed by atoms with Crippen LogP contribution in [-0.2, 0) is 4.74 Å². The molecule has 0 aliphatic heterocycles. The van der Waals surface area contributed by atoms with Crippen LogP contribution < -0.4 is 0 Å². The summed E-state index contributed by atoms with van der Waals surface area (Å²) in [6.45, 7) is 7.56. The van der Waals surface area contributed by atoms with Crippen molar-refractivity contribution in [3.05, 3.63) is 0 Å². The highest BCUT2D eigenvalue weighted by atomic mass is 28.3. The zero-order chi connectivity index (χ0) is 11.8. The first-order valence-corrected chi connectivity index (χ1v) is 10.6. The molecule has 2 rings (SSSR count). The smallest absolute Gasteiger partial charge is 0.0627 e. The van der Waals surface area contributed by atoms with E-state index in [-0.39, 0.29) is 0 Å². The van der Waals surface area contributed by atoms with Crippen LogP contribution in [0, 0.1) is 11.8 Å². The maximum Gasteiger partial charge on any atom is 0.0627 e. The van der Waals surface area contributed by atoms with Crippen molar-refractivity contribution >= 4 is 8.07 Å². The summed E-state index contributed by atoms with van der Waals surface area (Å²) in [7, 11) is 1.03. The van der Waals surface area contributed by atoms with Gasteiger partial charge in [0.15, 0.2) is 0 Å². The Morgan fingerprint density at radius 1 is 1.06 bits per heavy atom. The average molecular weight is 240 g/mol. The highest BCUT2D eigenvalue weighted by molar-refractivity contribution is 6.78. The molecule has 2 aliphatic rings. The van der Waals surface area contributed by atoms with Gasteiger partial charge < -0.3 is 4.74 Å². The molecule has 16 heavy (non-hydrogen) atoms. The van der Waals surface area contributed by atoms with Crippen molar-refractivity contribution in [3.63, 3.8) is 0 Å². The summed E-state index contributed by atoms with van der Waals surface area (Å²) in [5, 5.41) is 0. The molecule has 1 nitrogen and oxygen atoms in total. The molecule has 0 aromatic heterocycles. The van der Waals surface area contributed by atoms with Gasteiger partial charge in [0.2, 0.25) is 0 Å². The molecule has 0 radical (unpaired) electrons. The number of ether oxygens (including phenoxy) is 1. The monoisotopic (exact) mass is 240 g/mol. The van der Waals surface area contributed by atoms with Crippen molar-refractivity contribution in [2.75, 3.05) is 7.11 Å². The highest BCUT2D eigenvalue weighted by Crippen LogP contribution is 2.56. The molecule has 0 spiro atoms. The van der Waals surface area contributed by atoms with Crippen LogP contribution in [0.1, 0.15) is 38.5 Å². The maximum absolute atomic E-state index is 5.86. The lowest BCUT2D eigenvalue weighted by Crippen LogP contribution is -2.30. The Morgan fingerprint density at radius 2 is 1.69 bits per heavy atom. The van der Waals surface area contributed by atoms with Crippen LogP contribution in [0.2, 0.25) is 25.2 Å². The summed E-state index contributed by atoms with van der Waals surface area (Å²) >= 11 is 0. The molecule has 0 saturated heterocycles. The molecular weight excluding hydrogens is 212 g/mol. The molecule has 0 aromatic rings. The zero-order valence-electron chi connectivity index (χ0n) is 11.5. The number of methoxy groups -OCH3 is 1. The van der Waals surface area contributed by atoms with Gasteiger partial charge >= 0.3 is 0 Å². The Labute approximate surface area is 102 Å². The molecule has 0 aromatic carbocycles. The second kappa shape index (κ2) is 4.81. The predicted molar refractivity (Wildman–Crippen MR) is 72.6 cm³/mol. The first-order valence-electron chi connectivity index (χ1n) is 7.07. The number of rotatable bonds is 4. The number of hydrogen-bond donors (Lipinski definition) is 0. The summed E-state index contributed by atoms with van der Waals surface area (Å²) in [5.41, 5.74) is 1.04. The maximum atomic E-state index is 5.86. The topological polar surface area (TPSA) is 9.23 Å². The molecule has 2 heteroatoms. The van der Waals surface area contributed by atoms with Gasteiger partial charge in [-0.15, -0.1) is 0 Å². The van der Waals surface area contributed by atoms with Crippen LogP contribution in [0.5, 0.6) is 0 Å². The summed E-state index contributed by atoms with van der Waals surface area (Å²) in [5.74, 6) is 1.80. The van der Waals surface area contributed by atoms with Gasteiger partial charge in [0, 0.05) is 15.2 Å². The van der Waals surface area contributed by atoms with E-state index in [4.69, 9.17) is 4.74 Å². The first-order chi connectivity index (χ1) is 7.54. The first kappa shape index (κ1) is 12.6. The molecule has 0 amide bonds. The van der Waals surface area contributed by atoms with E-state index in [1.165, 1.54) is 38.5 Å². The van der Waals surface area contributed by atoms with Crippen molar-refractivity contribution in [3.8, 4) is 0 Å². The predicted octanol–water partition coefficient (Wildman–Crippen LogP) is 4.31. The van der Waals surface area contributed by atoms with E-state index < -0.39 is 8.07 Å². The van der Waals surface area contributed by atoms with Crippen LogP contribution in [0.4, 0.5) is 0 Å². The fraction of sp³-hybridized carbons (Fsp3) is 1.00. The van der Waals surface area contributed by atoms with Gasteiger partial charge in [-0.25, -0.2) is 0 Å². The van der Waals surface area contributed by atoms with Crippen molar-refractivity contribution in [1.29, 1.82) is 0 Å². The van der Waals surface area contributed by atoms with Crippen molar-refractivity contribution in [2.24, 2.45) is 11.8 Å². The van der Waals surface area contributed by atoms with Gasteiger partial charge in [-0.3, -0.25) is 0 Å². The Morgan fingerprint density at radius 3 is 2.12 bits per heavy atom. The molecule has 0 N–H and O–H groups in total. The van der Waals surface area contributed by atoms with E-state index in [2.05, 4.69) is 19.6 Å². The SMILES string of the molecule is CO[C@H](C1CCCCC1)[C@@H]1C[C@H]1[Si](C)(C)C. The molecule has 3 atom stereocenters. The lowest BCUT2D eigenvalue weighted by atomic mass is 9.83. The summed E-state index contributed by atoms with van der Waals surface area (Å²) in [4.78, 5) is 0. The van der Waals surface area contributed by atoms with Crippen molar-refractivity contribution < 1.29 is 4.74 Å². The lowest BCUT2D eigenvalue weighted by molar-refractivity contribution is 0.0203. The van der Waals surface area contributed by atoms with E-state index in [1.54, 1.807) is 0 Å². The number of hydrogen-bond acceptors (Lipinski definition) is 1. The van der Waals surface area contributed by atoms with E-state index in [0.717, 1.165) is 17.4 Å². The van der Waals surface area contributed by atoms with Gasteiger partial charge in [-0.2, -0.15) is 0 Å². The zero-order valence-corrected chi connectivity index (χ0v) is 12.5. The third-order valence-electron chi connectivity index (χ3n) is 4.76. The highest BCUT2D eigenvalue weighted by Gasteiger charge is 2.51. The lowest BCUT2D eigenvalue weighted by Gasteiger charge is -2.30. The molecule has 2 fully saturated rings. The largest absolute Gasteiger partial charge is 0.381 e. The van der Waals surface area contributed by atoms with Crippen molar-refractivity contribution in [2.45, 2.75) is 69.8 Å². The van der Waals surface area contributed by atoms with Gasteiger partial charge in [-0.05, 0) is 36.6 Å². The van der Waals surface area contributed by atoms with Crippen LogP contribution in [-0.4, -0.2) is 21.3 Å². The quantitative estimate of drug-likeness (QED) is 0.665. The fourth-order valence-corrected chi connectivity index (χ4v) is 6.21. The summed E-state index contributed by atoms with van der Waals surface area (Å²) < 4.78 is 5.86. The Bertz CT molecular complexity index is 227. The molecule has 0 bridgehead atoms. The third-order valence-corrected chi connectivity index (χ3v) is 7.65. The Hall–Kier alpha value is 0.177. The minimum absolute atomic E-state index is 0.594. The summed E-state index contributed by atoms with van der Waals surface area (Å²) in [6.07, 6.45) is 9.24. The van der Waals surface area contributed by atoms with E-state index in [0.29, 0.717) is 6.10 Å². The van der Waals surface area contributed by atoms with E-state index in [1.807, 2.05) is 7.11 Å². The molecule has 2 aliphatic carbocycles. The minimum atomic E-state index is -0.909. The molecule has 94 valence electrons. The molecule has 0 heterocycles. The van der Waals surface area contributed by atoms with Gasteiger partial charge in [0.05, 0.1) is 6.10 Å². The molecule has 2 saturated carbocycles. The minimum Gasteiger partial charge on any atom is -0.381 e. The van der Waals surface area contributed by atoms with Gasteiger partial charge in [0.25, 0.3) is 0 Å². The van der Waals surface area contributed by atoms with Gasteiger partial charge in [-0.1, -0.05) is 38.9 Å². The van der Waals surface area contributed by atoms with Crippen LogP contribution in [0.25, 0.3) is 0 Å². The second-order valence-electron chi connectivity index (χ2n) is 6.97. The van der Waals surface area contributed by atoms with E-state index >= 15 is 0 Å². The van der Waals surface area contributed by atoms with Crippen molar-refractivity contribution in [1.82, 2.24) is 0 Å². The standard InChI is InChI=1S/C14H28OSi/c1-15-14(11-8-6-5-7-9-11)12-10-13(12)16(2,3)4/h11-14H,5-10H2,1-4H3/t12-,13-,14-/m1/s1. The third kappa shape index (κ3) is 2.70. The average Bonchev–Trinajstić information content (AvgIpc) is 3.00. The van der Waals surface area contributed by atoms with E-state index in [9.17, 15) is 0 Å². The molecular formula is C14H28OSi. The normalized spacial score (nSPS) is 33.8. The van der Waals surface area contributed by atoms with Crippen LogP contribution in [0.15, 0.2) is 0 Å². The molecule has 0 unspecified atom stereocenters. The second-order valence-corrected chi connectivity index (χ2v) is 12.4. The Kier molecular flexibility index (Phi) is 3.80. The summed E-state index contributed by atoms with van der Waals surface area (Å²) in [6, 6.07) is 0.